The zero-order valence-electron chi connectivity index (χ0n) is 7.66. The van der Waals surface area contributed by atoms with Gasteiger partial charge in [0.25, 0.3) is 5.91 Å². The highest BCUT2D eigenvalue weighted by Gasteiger charge is 2.18. The summed E-state index contributed by atoms with van der Waals surface area (Å²) in [5.41, 5.74) is 4.59. The molecule has 1 aliphatic rings. The van der Waals surface area contributed by atoms with Crippen molar-refractivity contribution in [3.05, 3.63) is 35.4 Å². The fraction of sp³-hybridized carbons (Fsp3) is 0.200. The van der Waals surface area contributed by atoms with E-state index < -0.39 is 0 Å². The van der Waals surface area contributed by atoms with Gasteiger partial charge in [-0.1, -0.05) is 24.3 Å². The maximum atomic E-state index is 11.4. The first kappa shape index (κ1) is 8.90. The molecule has 0 unspecified atom stereocenters. The number of fused-ring (bicyclic) bond motifs is 1. The zero-order valence-corrected chi connectivity index (χ0v) is 7.66. The normalized spacial score (nSPS) is 14.2. The Bertz CT molecular complexity index is 398. The first-order chi connectivity index (χ1) is 6.83. The number of nitrogens with two attached hydrogens (primary N) is 1. The minimum Gasteiger partial charge on any atom is -0.289 e. The van der Waals surface area contributed by atoms with E-state index in [2.05, 4.69) is 10.4 Å². The first-order valence-electron chi connectivity index (χ1n) is 4.46. The van der Waals surface area contributed by atoms with E-state index in [0.717, 1.165) is 17.5 Å². The number of carbonyl (C=O) groups excluding carboxylic acids is 1. The van der Waals surface area contributed by atoms with Gasteiger partial charge in [0, 0.05) is 12.1 Å². The maximum absolute atomic E-state index is 11.4. The van der Waals surface area contributed by atoms with Crippen LogP contribution in [0.3, 0.4) is 0 Å². The van der Waals surface area contributed by atoms with Crippen molar-refractivity contribution in [2.75, 3.05) is 6.54 Å². The third-order valence-electron chi connectivity index (χ3n) is 2.27. The number of aliphatic imine (C=N–C) groups is 1. The molecule has 0 radical (unpaired) electrons. The summed E-state index contributed by atoms with van der Waals surface area (Å²) in [6, 6.07) is 7.75. The lowest BCUT2D eigenvalue weighted by Crippen LogP contribution is -2.38. The predicted molar refractivity (Wildman–Crippen MR) is 53.9 cm³/mol. The maximum Gasteiger partial charge on any atom is 0.283 e. The molecule has 0 fully saturated rings. The fourth-order valence-corrected chi connectivity index (χ4v) is 1.61. The average molecular weight is 189 g/mol. The molecule has 4 heteroatoms. The molecule has 2 rings (SSSR count). The largest absolute Gasteiger partial charge is 0.289 e. The minimum atomic E-state index is -0.322. The highest BCUT2D eigenvalue weighted by atomic mass is 16.2. The van der Waals surface area contributed by atoms with Gasteiger partial charge in [-0.15, -0.1) is 0 Å². The lowest BCUT2D eigenvalue weighted by molar-refractivity contribution is -0.114. The van der Waals surface area contributed by atoms with Crippen LogP contribution >= 0.6 is 0 Å². The van der Waals surface area contributed by atoms with Crippen molar-refractivity contribution in [1.29, 1.82) is 0 Å². The van der Waals surface area contributed by atoms with Gasteiger partial charge in [0.15, 0.2) is 0 Å². The van der Waals surface area contributed by atoms with Crippen LogP contribution in [0.2, 0.25) is 0 Å². The number of hydrogen-bond acceptors (Lipinski definition) is 3. The highest BCUT2D eigenvalue weighted by Crippen LogP contribution is 2.15. The van der Waals surface area contributed by atoms with Crippen LogP contribution in [0.15, 0.2) is 29.3 Å². The van der Waals surface area contributed by atoms with Crippen molar-refractivity contribution < 1.29 is 4.79 Å². The van der Waals surface area contributed by atoms with Crippen LogP contribution < -0.4 is 11.3 Å². The van der Waals surface area contributed by atoms with Gasteiger partial charge in [-0.3, -0.25) is 15.2 Å². The van der Waals surface area contributed by atoms with Gasteiger partial charge in [-0.05, 0) is 12.0 Å². The molecule has 1 aromatic carbocycles. The van der Waals surface area contributed by atoms with Crippen molar-refractivity contribution in [2.24, 2.45) is 10.8 Å². The number of amides is 1. The van der Waals surface area contributed by atoms with Crippen LogP contribution in [0.1, 0.15) is 11.1 Å². The van der Waals surface area contributed by atoms with Crippen LogP contribution in [-0.2, 0) is 11.2 Å². The Morgan fingerprint density at radius 1 is 1.43 bits per heavy atom. The van der Waals surface area contributed by atoms with E-state index in [1.807, 2.05) is 24.3 Å². The lowest BCUT2D eigenvalue weighted by Gasteiger charge is -2.14. The first-order valence-corrected chi connectivity index (χ1v) is 4.46. The van der Waals surface area contributed by atoms with Crippen LogP contribution in [0.25, 0.3) is 0 Å². The summed E-state index contributed by atoms with van der Waals surface area (Å²) < 4.78 is 0. The lowest BCUT2D eigenvalue weighted by atomic mass is 9.97. The second-order valence-electron chi connectivity index (χ2n) is 3.11. The van der Waals surface area contributed by atoms with Gasteiger partial charge in [0.2, 0.25) is 0 Å². The molecule has 1 aliphatic heterocycles. The molecule has 14 heavy (non-hydrogen) atoms. The molecule has 0 atom stereocenters. The molecule has 0 spiro atoms. The number of nitrogens with zero attached hydrogens (tertiary/aromatic N) is 1. The van der Waals surface area contributed by atoms with E-state index in [0.29, 0.717) is 12.3 Å². The molecule has 0 saturated carbocycles. The van der Waals surface area contributed by atoms with Crippen molar-refractivity contribution in [3.63, 3.8) is 0 Å². The van der Waals surface area contributed by atoms with E-state index in [9.17, 15) is 4.79 Å². The summed E-state index contributed by atoms with van der Waals surface area (Å²) in [7, 11) is 0. The van der Waals surface area contributed by atoms with E-state index in [1.54, 1.807) is 0 Å². The van der Waals surface area contributed by atoms with Gasteiger partial charge < -0.3 is 0 Å². The van der Waals surface area contributed by atoms with Gasteiger partial charge in [0.1, 0.15) is 5.71 Å². The fourth-order valence-electron chi connectivity index (χ4n) is 1.61. The third-order valence-corrected chi connectivity index (χ3v) is 2.27. The molecular weight excluding hydrogens is 178 g/mol. The number of rotatable bonds is 1. The molecule has 1 amide bonds. The van der Waals surface area contributed by atoms with Gasteiger partial charge >= 0.3 is 0 Å². The topological polar surface area (TPSA) is 67.5 Å². The van der Waals surface area contributed by atoms with Gasteiger partial charge in [-0.2, -0.15) is 0 Å². The molecule has 3 N–H and O–H groups in total. The summed E-state index contributed by atoms with van der Waals surface area (Å²) in [6.07, 6.45) is 0.886. The molecule has 0 aromatic heterocycles. The quantitative estimate of drug-likeness (QED) is 0.371. The Balaban J connectivity index is 2.45. The molecule has 1 aromatic rings. The van der Waals surface area contributed by atoms with Crippen molar-refractivity contribution in [2.45, 2.75) is 6.42 Å². The Labute approximate surface area is 81.8 Å². The monoisotopic (exact) mass is 189 g/mol. The molecule has 72 valence electrons. The Hall–Kier alpha value is -1.68. The summed E-state index contributed by atoms with van der Waals surface area (Å²) in [4.78, 5) is 15.5. The van der Waals surface area contributed by atoms with E-state index >= 15 is 0 Å². The molecular formula is C10H11N3O. The smallest absolute Gasteiger partial charge is 0.283 e. The SMILES string of the molecule is NNC(=O)C1=NCCc2ccccc21. The molecule has 0 saturated heterocycles. The summed E-state index contributed by atoms with van der Waals surface area (Å²) in [5.74, 6) is 4.76. The number of nitrogens with one attached hydrogen (secondary N) is 1. The summed E-state index contributed by atoms with van der Waals surface area (Å²) in [6.45, 7) is 0.653. The predicted octanol–water partition coefficient (Wildman–Crippen LogP) is 0.0217. The van der Waals surface area contributed by atoms with Crippen molar-refractivity contribution in [1.82, 2.24) is 5.43 Å². The number of hydrogen-bond donors (Lipinski definition) is 2. The van der Waals surface area contributed by atoms with Crippen LogP contribution in [-0.4, -0.2) is 18.2 Å². The standard InChI is InChI=1S/C10H11N3O/c11-13-10(14)9-8-4-2-1-3-7(8)5-6-12-9/h1-4H,5-6,11H2,(H,13,14). The molecule has 0 aliphatic carbocycles. The Morgan fingerprint density at radius 2 is 2.21 bits per heavy atom. The molecule has 4 nitrogen and oxygen atoms in total. The summed E-state index contributed by atoms with van der Waals surface area (Å²) >= 11 is 0. The Kier molecular flexibility index (Phi) is 2.28. The molecule has 0 bridgehead atoms. The van der Waals surface area contributed by atoms with Crippen molar-refractivity contribution >= 4 is 11.6 Å². The number of hydrazine groups is 1. The third kappa shape index (κ3) is 1.40. The Morgan fingerprint density at radius 3 is 3.00 bits per heavy atom. The van der Waals surface area contributed by atoms with Crippen molar-refractivity contribution in [3.8, 4) is 0 Å². The van der Waals surface area contributed by atoms with Gasteiger partial charge in [-0.25, -0.2) is 5.84 Å². The van der Waals surface area contributed by atoms with Crippen LogP contribution in [0.4, 0.5) is 0 Å². The van der Waals surface area contributed by atoms with Crippen LogP contribution in [0.5, 0.6) is 0 Å². The minimum absolute atomic E-state index is 0.322. The molecule has 1 heterocycles. The number of benzene rings is 1. The van der Waals surface area contributed by atoms with E-state index in [4.69, 9.17) is 5.84 Å². The second-order valence-corrected chi connectivity index (χ2v) is 3.11. The van der Waals surface area contributed by atoms with Gasteiger partial charge in [0.05, 0.1) is 0 Å². The van der Waals surface area contributed by atoms with Crippen LogP contribution in [0, 0.1) is 0 Å². The second kappa shape index (κ2) is 3.59. The zero-order chi connectivity index (χ0) is 9.97. The highest BCUT2D eigenvalue weighted by molar-refractivity contribution is 6.45. The summed E-state index contributed by atoms with van der Waals surface area (Å²) in [5, 5.41) is 0. The average Bonchev–Trinajstić information content (AvgIpc) is 2.27. The van der Waals surface area contributed by atoms with E-state index in [1.165, 1.54) is 0 Å². The van der Waals surface area contributed by atoms with E-state index in [-0.39, 0.29) is 5.91 Å². The number of carbonyl (C=O) groups is 1.